The Kier molecular flexibility index (Phi) is 6.05. The standard InChI is InChI=1S/C19H24ClN3/c1-5-22(3)14-21-18-11-15(2)19(12-17(18)20)23(4)13-16-9-7-6-8-10-16/h6-12,14H,5,13H2,1-4H3/b21-14-. The van der Waals surface area contributed by atoms with E-state index in [9.17, 15) is 0 Å². The SMILES string of the molecule is CCN(C)/C=N\c1cc(C)c(N(C)Cc2ccccc2)cc1Cl. The van der Waals surface area contributed by atoms with Crippen LogP contribution in [0.3, 0.4) is 0 Å². The normalized spacial score (nSPS) is 11.0. The van der Waals surface area contributed by atoms with E-state index in [1.807, 2.05) is 36.5 Å². The van der Waals surface area contributed by atoms with Crippen LogP contribution in [-0.4, -0.2) is 31.9 Å². The Morgan fingerprint density at radius 1 is 1.13 bits per heavy atom. The highest BCUT2D eigenvalue weighted by atomic mass is 35.5. The smallest absolute Gasteiger partial charge is 0.0910 e. The predicted molar refractivity (Wildman–Crippen MR) is 101 cm³/mol. The maximum absolute atomic E-state index is 6.42. The van der Waals surface area contributed by atoms with Crippen molar-refractivity contribution in [2.75, 3.05) is 25.5 Å². The lowest BCUT2D eigenvalue weighted by atomic mass is 10.1. The van der Waals surface area contributed by atoms with Gasteiger partial charge in [-0.25, -0.2) is 4.99 Å². The lowest BCUT2D eigenvalue weighted by molar-refractivity contribution is 0.552. The van der Waals surface area contributed by atoms with Crippen molar-refractivity contribution in [3.05, 3.63) is 58.6 Å². The minimum atomic E-state index is 0.672. The van der Waals surface area contributed by atoms with E-state index < -0.39 is 0 Å². The molecule has 0 atom stereocenters. The third-order valence-electron chi connectivity index (χ3n) is 3.83. The maximum atomic E-state index is 6.42. The molecule has 0 saturated carbocycles. The van der Waals surface area contributed by atoms with Crippen LogP contribution in [0.1, 0.15) is 18.1 Å². The molecule has 2 aromatic carbocycles. The Hall–Kier alpha value is -2.00. The van der Waals surface area contributed by atoms with Gasteiger partial charge in [0.1, 0.15) is 0 Å². The number of anilines is 1. The van der Waals surface area contributed by atoms with Crippen molar-refractivity contribution >= 4 is 29.3 Å². The first-order chi connectivity index (χ1) is 11.0. The molecule has 2 rings (SSSR count). The first kappa shape index (κ1) is 17.4. The number of benzene rings is 2. The zero-order valence-corrected chi connectivity index (χ0v) is 15.0. The number of nitrogens with zero attached hydrogens (tertiary/aromatic N) is 3. The number of aliphatic imine (C=N–C) groups is 1. The van der Waals surface area contributed by atoms with Crippen LogP contribution in [-0.2, 0) is 6.54 Å². The first-order valence-electron chi connectivity index (χ1n) is 7.81. The topological polar surface area (TPSA) is 18.8 Å². The molecule has 0 unspecified atom stereocenters. The summed E-state index contributed by atoms with van der Waals surface area (Å²) in [5.41, 5.74) is 4.37. The third-order valence-corrected chi connectivity index (χ3v) is 4.13. The Balaban J connectivity index is 2.20. The van der Waals surface area contributed by atoms with Crippen LogP contribution in [0.2, 0.25) is 5.02 Å². The molecule has 4 heteroatoms. The molecular weight excluding hydrogens is 306 g/mol. The molecular formula is C19H24ClN3. The van der Waals surface area contributed by atoms with E-state index >= 15 is 0 Å². The van der Waals surface area contributed by atoms with Gasteiger partial charge in [0.2, 0.25) is 0 Å². The predicted octanol–water partition coefficient (Wildman–Crippen LogP) is 4.90. The first-order valence-corrected chi connectivity index (χ1v) is 8.18. The maximum Gasteiger partial charge on any atom is 0.0910 e. The van der Waals surface area contributed by atoms with E-state index in [1.165, 1.54) is 11.1 Å². The van der Waals surface area contributed by atoms with Crippen LogP contribution in [0.5, 0.6) is 0 Å². The number of halogens is 1. The van der Waals surface area contributed by atoms with E-state index in [1.54, 1.807) is 0 Å². The molecule has 0 bridgehead atoms. The fourth-order valence-electron chi connectivity index (χ4n) is 2.35. The van der Waals surface area contributed by atoms with Crippen molar-refractivity contribution in [2.24, 2.45) is 4.99 Å². The molecule has 0 radical (unpaired) electrons. The fraction of sp³-hybridized carbons (Fsp3) is 0.316. The van der Waals surface area contributed by atoms with Gasteiger partial charge in [-0.15, -0.1) is 0 Å². The van der Waals surface area contributed by atoms with Gasteiger partial charge in [-0.3, -0.25) is 0 Å². The van der Waals surface area contributed by atoms with Crippen molar-refractivity contribution in [3.63, 3.8) is 0 Å². The minimum Gasteiger partial charge on any atom is -0.370 e. The van der Waals surface area contributed by atoms with Crippen molar-refractivity contribution in [3.8, 4) is 0 Å². The van der Waals surface area contributed by atoms with Gasteiger partial charge < -0.3 is 9.80 Å². The van der Waals surface area contributed by atoms with Crippen molar-refractivity contribution in [2.45, 2.75) is 20.4 Å². The molecule has 0 N–H and O–H groups in total. The quantitative estimate of drug-likeness (QED) is 0.554. The van der Waals surface area contributed by atoms with Gasteiger partial charge in [-0.2, -0.15) is 0 Å². The molecule has 3 nitrogen and oxygen atoms in total. The minimum absolute atomic E-state index is 0.672. The molecule has 0 aliphatic carbocycles. The number of hydrogen-bond donors (Lipinski definition) is 0. The summed E-state index contributed by atoms with van der Waals surface area (Å²) < 4.78 is 0. The largest absolute Gasteiger partial charge is 0.370 e. The van der Waals surface area contributed by atoms with Crippen LogP contribution in [0.15, 0.2) is 47.5 Å². The van der Waals surface area contributed by atoms with Gasteiger partial charge in [0, 0.05) is 32.9 Å². The van der Waals surface area contributed by atoms with Gasteiger partial charge >= 0.3 is 0 Å². The second kappa shape index (κ2) is 8.02. The Morgan fingerprint density at radius 2 is 1.83 bits per heavy atom. The van der Waals surface area contributed by atoms with Gasteiger partial charge in [0.15, 0.2) is 0 Å². The average molecular weight is 330 g/mol. The number of aryl methyl sites for hydroxylation is 1. The molecule has 0 aliphatic rings. The molecule has 2 aromatic rings. The molecule has 23 heavy (non-hydrogen) atoms. The molecule has 0 amide bonds. The van der Waals surface area contributed by atoms with E-state index in [0.29, 0.717) is 5.02 Å². The average Bonchev–Trinajstić information content (AvgIpc) is 2.55. The number of hydrogen-bond acceptors (Lipinski definition) is 2. The summed E-state index contributed by atoms with van der Waals surface area (Å²) in [6, 6.07) is 14.5. The summed E-state index contributed by atoms with van der Waals surface area (Å²) in [5, 5.41) is 0.672. The molecule has 0 fully saturated rings. The highest BCUT2D eigenvalue weighted by Gasteiger charge is 2.10. The van der Waals surface area contributed by atoms with E-state index in [0.717, 1.165) is 24.5 Å². The Bertz CT molecular complexity index is 668. The van der Waals surface area contributed by atoms with Crippen LogP contribution in [0, 0.1) is 6.92 Å². The van der Waals surface area contributed by atoms with Crippen molar-refractivity contribution < 1.29 is 0 Å². The second-order valence-electron chi connectivity index (χ2n) is 5.75. The molecule has 0 aliphatic heterocycles. The summed E-state index contributed by atoms with van der Waals surface area (Å²) in [6.45, 7) is 5.94. The van der Waals surface area contributed by atoms with Crippen molar-refractivity contribution in [1.29, 1.82) is 0 Å². The van der Waals surface area contributed by atoms with E-state index in [2.05, 4.69) is 55.1 Å². The summed E-state index contributed by atoms with van der Waals surface area (Å²) in [7, 11) is 4.08. The van der Waals surface area contributed by atoms with Crippen LogP contribution in [0.4, 0.5) is 11.4 Å². The molecule has 122 valence electrons. The highest BCUT2D eigenvalue weighted by Crippen LogP contribution is 2.33. The molecule has 0 heterocycles. The second-order valence-corrected chi connectivity index (χ2v) is 6.16. The summed E-state index contributed by atoms with van der Waals surface area (Å²) in [6.07, 6.45) is 1.81. The third kappa shape index (κ3) is 4.73. The van der Waals surface area contributed by atoms with E-state index in [-0.39, 0.29) is 0 Å². The van der Waals surface area contributed by atoms with Crippen LogP contribution >= 0.6 is 11.6 Å². The molecule has 0 aromatic heterocycles. The zero-order chi connectivity index (χ0) is 16.8. The number of rotatable bonds is 6. The summed E-state index contributed by atoms with van der Waals surface area (Å²) in [4.78, 5) is 8.70. The lowest BCUT2D eigenvalue weighted by Crippen LogP contribution is -2.17. The van der Waals surface area contributed by atoms with Gasteiger partial charge in [-0.1, -0.05) is 41.9 Å². The Morgan fingerprint density at radius 3 is 2.48 bits per heavy atom. The summed E-state index contributed by atoms with van der Waals surface area (Å²) in [5.74, 6) is 0. The molecule has 0 saturated heterocycles. The highest BCUT2D eigenvalue weighted by molar-refractivity contribution is 6.33. The monoisotopic (exact) mass is 329 g/mol. The summed E-state index contributed by atoms with van der Waals surface area (Å²) >= 11 is 6.42. The molecule has 0 spiro atoms. The van der Waals surface area contributed by atoms with Crippen molar-refractivity contribution in [1.82, 2.24) is 4.90 Å². The van der Waals surface area contributed by atoms with Gasteiger partial charge in [0.25, 0.3) is 0 Å². The van der Waals surface area contributed by atoms with E-state index in [4.69, 9.17) is 11.6 Å². The lowest BCUT2D eigenvalue weighted by Gasteiger charge is -2.22. The van der Waals surface area contributed by atoms with Gasteiger partial charge in [0.05, 0.1) is 17.0 Å². The zero-order valence-electron chi connectivity index (χ0n) is 14.3. The van der Waals surface area contributed by atoms with Gasteiger partial charge in [-0.05, 0) is 37.1 Å². The van der Waals surface area contributed by atoms with Crippen LogP contribution < -0.4 is 4.90 Å². The Labute approximate surface area is 144 Å². The van der Waals surface area contributed by atoms with Crippen LogP contribution in [0.25, 0.3) is 0 Å². The fourth-order valence-corrected chi connectivity index (χ4v) is 2.56.